The van der Waals surface area contributed by atoms with Gasteiger partial charge in [-0.3, -0.25) is 4.90 Å². The number of likely N-dealkylation sites (tertiary alicyclic amines) is 1. The number of hydrogen-bond donors (Lipinski definition) is 2. The molecule has 0 spiro atoms. The van der Waals surface area contributed by atoms with Gasteiger partial charge >= 0.3 is 0 Å². The van der Waals surface area contributed by atoms with E-state index in [1.807, 2.05) is 6.92 Å². The summed E-state index contributed by atoms with van der Waals surface area (Å²) in [5.74, 6) is 0. The summed E-state index contributed by atoms with van der Waals surface area (Å²) in [6.45, 7) is 4.73. The minimum Gasteiger partial charge on any atom is -0.395 e. The molecule has 1 heterocycles. The molecular weight excluding hydrogens is 164 g/mol. The molecule has 76 valence electrons. The highest BCUT2D eigenvalue weighted by molar-refractivity contribution is 4.92. The zero-order valence-electron chi connectivity index (χ0n) is 8.37. The molecule has 1 saturated heterocycles. The van der Waals surface area contributed by atoms with Gasteiger partial charge in [0.1, 0.15) is 0 Å². The fourth-order valence-corrected chi connectivity index (χ4v) is 2.15. The third kappa shape index (κ3) is 2.42. The Kier molecular flexibility index (Phi) is 2.86. The predicted molar refractivity (Wildman–Crippen MR) is 52.7 cm³/mol. The Hall–Kier alpha value is -0.120. The number of nitrogens with one attached hydrogen (secondary N) is 1. The van der Waals surface area contributed by atoms with Crippen molar-refractivity contribution < 1.29 is 5.11 Å². The fourth-order valence-electron chi connectivity index (χ4n) is 2.15. The third-order valence-electron chi connectivity index (χ3n) is 3.08. The van der Waals surface area contributed by atoms with E-state index in [1.165, 1.54) is 32.4 Å². The van der Waals surface area contributed by atoms with Crippen LogP contribution in [-0.2, 0) is 0 Å². The van der Waals surface area contributed by atoms with Crippen LogP contribution in [0.1, 0.15) is 26.2 Å². The molecule has 1 aliphatic heterocycles. The van der Waals surface area contributed by atoms with Crippen LogP contribution in [0, 0.1) is 0 Å². The first-order chi connectivity index (χ1) is 6.29. The maximum absolute atomic E-state index is 8.91. The van der Waals surface area contributed by atoms with Crippen molar-refractivity contribution in [2.75, 3.05) is 19.7 Å². The van der Waals surface area contributed by atoms with E-state index in [-0.39, 0.29) is 12.6 Å². The second-order valence-electron chi connectivity index (χ2n) is 4.46. The van der Waals surface area contributed by atoms with Crippen LogP contribution in [0.4, 0.5) is 0 Å². The van der Waals surface area contributed by atoms with Crippen molar-refractivity contribution in [1.29, 1.82) is 0 Å². The highest BCUT2D eigenvalue weighted by Gasteiger charge is 2.34. The van der Waals surface area contributed by atoms with Crippen LogP contribution < -0.4 is 5.32 Å². The molecule has 3 heteroatoms. The molecule has 0 aromatic carbocycles. The van der Waals surface area contributed by atoms with Crippen molar-refractivity contribution in [3.8, 4) is 0 Å². The molecule has 3 nitrogen and oxygen atoms in total. The Labute approximate surface area is 80.1 Å². The molecule has 1 aliphatic carbocycles. The van der Waals surface area contributed by atoms with Crippen LogP contribution in [0.15, 0.2) is 0 Å². The molecule has 0 bridgehead atoms. The summed E-state index contributed by atoms with van der Waals surface area (Å²) in [5, 5.41) is 12.4. The highest BCUT2D eigenvalue weighted by atomic mass is 16.3. The first kappa shape index (κ1) is 9.44. The smallest absolute Gasteiger partial charge is 0.0582 e. The van der Waals surface area contributed by atoms with Crippen molar-refractivity contribution in [1.82, 2.24) is 10.2 Å². The minimum atomic E-state index is 0.250. The first-order valence-corrected chi connectivity index (χ1v) is 5.40. The van der Waals surface area contributed by atoms with Gasteiger partial charge in [-0.1, -0.05) is 0 Å². The quantitative estimate of drug-likeness (QED) is 0.655. The summed E-state index contributed by atoms with van der Waals surface area (Å²) >= 11 is 0. The highest BCUT2D eigenvalue weighted by Crippen LogP contribution is 2.29. The summed E-state index contributed by atoms with van der Waals surface area (Å²) in [4.78, 5) is 2.59. The van der Waals surface area contributed by atoms with Crippen LogP contribution in [0.2, 0.25) is 0 Å². The van der Waals surface area contributed by atoms with Crippen molar-refractivity contribution in [3.05, 3.63) is 0 Å². The fraction of sp³-hybridized carbons (Fsp3) is 1.00. The molecule has 2 rings (SSSR count). The van der Waals surface area contributed by atoms with Gasteiger partial charge in [-0.25, -0.2) is 0 Å². The second kappa shape index (κ2) is 3.95. The van der Waals surface area contributed by atoms with Gasteiger partial charge in [0, 0.05) is 31.2 Å². The van der Waals surface area contributed by atoms with Crippen LogP contribution in [-0.4, -0.2) is 47.8 Å². The standard InChI is InChI=1S/C10H20N2O/c1-8(7-13)11-9-4-5-12(6-9)10-2-3-10/h8-11,13H,2-7H2,1H3. The first-order valence-electron chi connectivity index (χ1n) is 5.40. The number of hydrogen-bond acceptors (Lipinski definition) is 3. The van der Waals surface area contributed by atoms with Crippen molar-refractivity contribution in [3.63, 3.8) is 0 Å². The van der Waals surface area contributed by atoms with Crippen LogP contribution in [0.5, 0.6) is 0 Å². The molecule has 2 aliphatic rings. The van der Waals surface area contributed by atoms with Crippen LogP contribution >= 0.6 is 0 Å². The Bertz CT molecular complexity index is 170. The van der Waals surface area contributed by atoms with Crippen molar-refractivity contribution >= 4 is 0 Å². The lowest BCUT2D eigenvalue weighted by molar-refractivity contribution is 0.237. The van der Waals surface area contributed by atoms with E-state index in [4.69, 9.17) is 5.11 Å². The van der Waals surface area contributed by atoms with Gasteiger partial charge in [0.05, 0.1) is 6.61 Å². The van der Waals surface area contributed by atoms with Crippen LogP contribution in [0.3, 0.4) is 0 Å². The molecular formula is C10H20N2O. The summed E-state index contributed by atoms with van der Waals surface area (Å²) in [6, 6.07) is 1.77. The van der Waals surface area contributed by atoms with Gasteiger partial charge in [-0.2, -0.15) is 0 Å². The van der Waals surface area contributed by atoms with E-state index in [1.54, 1.807) is 0 Å². The Morgan fingerprint density at radius 1 is 1.46 bits per heavy atom. The molecule has 0 aromatic heterocycles. The largest absolute Gasteiger partial charge is 0.395 e. The number of nitrogens with zero attached hydrogens (tertiary/aromatic N) is 1. The summed E-state index contributed by atoms with van der Waals surface area (Å²) in [7, 11) is 0. The van der Waals surface area contributed by atoms with E-state index in [0.717, 1.165) is 6.04 Å². The maximum Gasteiger partial charge on any atom is 0.0582 e. The Morgan fingerprint density at radius 2 is 2.23 bits per heavy atom. The lowest BCUT2D eigenvalue weighted by Crippen LogP contribution is -2.40. The van der Waals surface area contributed by atoms with Gasteiger partial charge in [0.15, 0.2) is 0 Å². The van der Waals surface area contributed by atoms with Crippen molar-refractivity contribution in [2.45, 2.75) is 44.3 Å². The Balaban J connectivity index is 1.71. The summed E-state index contributed by atoms with van der Waals surface area (Å²) in [5.41, 5.74) is 0. The van der Waals surface area contributed by atoms with E-state index in [0.29, 0.717) is 6.04 Å². The summed E-state index contributed by atoms with van der Waals surface area (Å²) in [6.07, 6.45) is 4.06. The van der Waals surface area contributed by atoms with E-state index >= 15 is 0 Å². The zero-order chi connectivity index (χ0) is 9.26. The number of rotatable bonds is 4. The summed E-state index contributed by atoms with van der Waals surface area (Å²) < 4.78 is 0. The van der Waals surface area contributed by atoms with E-state index in [2.05, 4.69) is 10.2 Å². The number of aliphatic hydroxyl groups is 1. The maximum atomic E-state index is 8.91. The van der Waals surface area contributed by atoms with Crippen molar-refractivity contribution in [2.24, 2.45) is 0 Å². The average Bonchev–Trinajstić information content (AvgIpc) is 2.88. The molecule has 2 unspecified atom stereocenters. The van der Waals surface area contributed by atoms with E-state index in [9.17, 15) is 0 Å². The molecule has 2 atom stereocenters. The predicted octanol–water partition coefficient (Wildman–Crippen LogP) is 0.193. The molecule has 0 radical (unpaired) electrons. The topological polar surface area (TPSA) is 35.5 Å². The lowest BCUT2D eigenvalue weighted by Gasteiger charge is -2.18. The van der Waals surface area contributed by atoms with Gasteiger partial charge in [0.2, 0.25) is 0 Å². The zero-order valence-corrected chi connectivity index (χ0v) is 8.37. The van der Waals surface area contributed by atoms with Gasteiger partial charge in [-0.15, -0.1) is 0 Å². The normalized spacial score (nSPS) is 32.3. The molecule has 0 aromatic rings. The lowest BCUT2D eigenvalue weighted by atomic mass is 10.2. The average molecular weight is 184 g/mol. The van der Waals surface area contributed by atoms with E-state index < -0.39 is 0 Å². The molecule has 2 fully saturated rings. The monoisotopic (exact) mass is 184 g/mol. The van der Waals surface area contributed by atoms with Gasteiger partial charge in [0.25, 0.3) is 0 Å². The molecule has 2 N–H and O–H groups in total. The SMILES string of the molecule is CC(CO)NC1CCN(C2CC2)C1. The molecule has 0 amide bonds. The molecule has 13 heavy (non-hydrogen) atoms. The second-order valence-corrected chi connectivity index (χ2v) is 4.46. The minimum absolute atomic E-state index is 0.250. The molecule has 1 saturated carbocycles. The van der Waals surface area contributed by atoms with Gasteiger partial charge in [-0.05, 0) is 26.2 Å². The van der Waals surface area contributed by atoms with Gasteiger partial charge < -0.3 is 10.4 Å². The number of aliphatic hydroxyl groups excluding tert-OH is 1. The van der Waals surface area contributed by atoms with Crippen LogP contribution in [0.25, 0.3) is 0 Å². The Morgan fingerprint density at radius 3 is 2.85 bits per heavy atom. The third-order valence-corrected chi connectivity index (χ3v) is 3.08.